The zero-order valence-electron chi connectivity index (χ0n) is 10.3. The molecule has 1 atom stereocenters. The van der Waals surface area contributed by atoms with Crippen molar-refractivity contribution in [2.45, 2.75) is 23.6 Å². The number of rotatable bonds is 5. The molecule has 0 aliphatic heterocycles. The number of aromatic nitrogens is 1. The molecule has 6 heteroatoms. The van der Waals surface area contributed by atoms with Gasteiger partial charge in [0.05, 0.1) is 17.7 Å². The summed E-state index contributed by atoms with van der Waals surface area (Å²) < 4.78 is 0.884. The lowest BCUT2D eigenvalue weighted by Gasteiger charge is -2.19. The number of thioether (sulfide) groups is 1. The molecule has 0 aliphatic rings. The van der Waals surface area contributed by atoms with Gasteiger partial charge in [0.15, 0.2) is 0 Å². The number of nitrogens with zero attached hydrogens (tertiary/aromatic N) is 3. The monoisotopic (exact) mass is 327 g/mol. The molecular weight excluding hydrogens is 314 g/mol. The second-order valence-electron chi connectivity index (χ2n) is 3.72. The van der Waals surface area contributed by atoms with Gasteiger partial charge in [0.1, 0.15) is 5.03 Å². The van der Waals surface area contributed by atoms with Gasteiger partial charge in [-0.15, -0.1) is 0 Å². The van der Waals surface area contributed by atoms with Crippen LogP contribution in [0, 0.1) is 11.3 Å². The molecule has 0 saturated heterocycles. The van der Waals surface area contributed by atoms with Crippen LogP contribution < -0.4 is 0 Å². The largest absolute Gasteiger partial charge is 0.344 e. The van der Waals surface area contributed by atoms with Gasteiger partial charge in [-0.05, 0) is 35.0 Å². The molecular formula is C12H14BrN3OS. The molecule has 0 saturated carbocycles. The van der Waals surface area contributed by atoms with E-state index in [0.29, 0.717) is 13.0 Å². The normalized spacial score (nSPS) is 11.7. The molecule has 0 N–H and O–H groups in total. The van der Waals surface area contributed by atoms with Gasteiger partial charge in [0.2, 0.25) is 5.91 Å². The first kappa shape index (κ1) is 15.0. The lowest BCUT2D eigenvalue weighted by Crippen LogP contribution is -2.33. The minimum absolute atomic E-state index is 0.00723. The van der Waals surface area contributed by atoms with Crippen molar-refractivity contribution in [3.05, 3.63) is 22.8 Å². The van der Waals surface area contributed by atoms with E-state index in [-0.39, 0.29) is 11.2 Å². The molecule has 4 nitrogen and oxygen atoms in total. The van der Waals surface area contributed by atoms with Gasteiger partial charge in [0.25, 0.3) is 0 Å². The highest BCUT2D eigenvalue weighted by molar-refractivity contribution is 9.10. The SMILES string of the molecule is C[C@@H](Sc1ncccc1Br)C(=O)N(C)CCC#N. The molecule has 1 aromatic rings. The van der Waals surface area contributed by atoms with Crippen LogP contribution in [0.3, 0.4) is 0 Å². The zero-order valence-corrected chi connectivity index (χ0v) is 12.7. The van der Waals surface area contributed by atoms with E-state index in [2.05, 4.69) is 20.9 Å². The Morgan fingerprint density at radius 1 is 1.72 bits per heavy atom. The van der Waals surface area contributed by atoms with Crippen LogP contribution in [-0.4, -0.2) is 34.6 Å². The number of pyridine rings is 1. The third-order valence-electron chi connectivity index (χ3n) is 2.30. The van der Waals surface area contributed by atoms with Gasteiger partial charge in [-0.2, -0.15) is 5.26 Å². The summed E-state index contributed by atoms with van der Waals surface area (Å²) in [6, 6.07) is 5.76. The van der Waals surface area contributed by atoms with Crippen molar-refractivity contribution in [3.8, 4) is 6.07 Å². The second kappa shape index (κ2) is 7.39. The maximum Gasteiger partial charge on any atom is 0.235 e. The maximum atomic E-state index is 12.0. The average Bonchev–Trinajstić information content (AvgIpc) is 2.37. The molecule has 1 heterocycles. The lowest BCUT2D eigenvalue weighted by atomic mass is 10.3. The quantitative estimate of drug-likeness (QED) is 0.780. The number of hydrogen-bond donors (Lipinski definition) is 0. The number of carbonyl (C=O) groups excluding carboxylic acids is 1. The molecule has 1 aromatic heterocycles. The summed E-state index contributed by atoms with van der Waals surface area (Å²) in [5.74, 6) is 0.00723. The molecule has 0 fully saturated rings. The van der Waals surface area contributed by atoms with Crippen LogP contribution >= 0.6 is 27.7 Å². The third kappa shape index (κ3) is 4.31. The second-order valence-corrected chi connectivity index (χ2v) is 5.90. The molecule has 0 aliphatic carbocycles. The number of halogens is 1. The molecule has 0 bridgehead atoms. The average molecular weight is 328 g/mol. The van der Waals surface area contributed by atoms with E-state index in [1.165, 1.54) is 11.8 Å². The number of hydrogen-bond acceptors (Lipinski definition) is 4. The number of amides is 1. The number of nitriles is 1. The Balaban J connectivity index is 2.60. The van der Waals surface area contributed by atoms with Gasteiger partial charge in [-0.25, -0.2) is 4.98 Å². The van der Waals surface area contributed by atoms with Crippen molar-refractivity contribution in [3.63, 3.8) is 0 Å². The first-order valence-electron chi connectivity index (χ1n) is 5.45. The first-order chi connectivity index (χ1) is 8.56. The topological polar surface area (TPSA) is 57.0 Å². The highest BCUT2D eigenvalue weighted by Crippen LogP contribution is 2.28. The Hall–Kier alpha value is -1.06. The van der Waals surface area contributed by atoms with Crippen molar-refractivity contribution in [1.82, 2.24) is 9.88 Å². The summed E-state index contributed by atoms with van der Waals surface area (Å²) in [4.78, 5) is 17.8. The Bertz CT molecular complexity index is 461. The summed E-state index contributed by atoms with van der Waals surface area (Å²) in [6.07, 6.45) is 2.05. The molecule has 0 spiro atoms. The van der Waals surface area contributed by atoms with Gasteiger partial charge in [-0.1, -0.05) is 11.8 Å². The standard InChI is InChI=1S/C12H14BrN3OS/c1-9(12(17)16(2)8-4-6-14)18-11-10(13)5-3-7-15-11/h3,5,7,9H,4,8H2,1-2H3/t9-/m1/s1. The van der Waals surface area contributed by atoms with Crippen LogP contribution in [-0.2, 0) is 4.79 Å². The fourth-order valence-corrected chi connectivity index (χ4v) is 2.77. The summed E-state index contributed by atoms with van der Waals surface area (Å²) >= 11 is 4.81. The molecule has 1 amide bonds. The fourth-order valence-electron chi connectivity index (χ4n) is 1.31. The Morgan fingerprint density at radius 2 is 2.44 bits per heavy atom. The van der Waals surface area contributed by atoms with E-state index < -0.39 is 0 Å². The van der Waals surface area contributed by atoms with Gasteiger partial charge >= 0.3 is 0 Å². The molecule has 0 aromatic carbocycles. The summed E-state index contributed by atoms with van der Waals surface area (Å²) in [5, 5.41) is 9.07. The molecule has 18 heavy (non-hydrogen) atoms. The minimum Gasteiger partial charge on any atom is -0.344 e. The Morgan fingerprint density at radius 3 is 3.06 bits per heavy atom. The van der Waals surface area contributed by atoms with E-state index in [1.807, 2.05) is 25.1 Å². The van der Waals surface area contributed by atoms with Crippen LogP contribution in [0.2, 0.25) is 0 Å². The van der Waals surface area contributed by atoms with Crippen LogP contribution in [0.1, 0.15) is 13.3 Å². The Labute approximate surface area is 120 Å². The fraction of sp³-hybridized carbons (Fsp3) is 0.417. The van der Waals surface area contributed by atoms with Crippen molar-refractivity contribution in [2.75, 3.05) is 13.6 Å². The van der Waals surface area contributed by atoms with E-state index in [0.717, 1.165) is 9.50 Å². The maximum absolute atomic E-state index is 12.0. The summed E-state index contributed by atoms with van der Waals surface area (Å²) in [7, 11) is 1.71. The first-order valence-corrected chi connectivity index (χ1v) is 7.12. The van der Waals surface area contributed by atoms with Crippen LogP contribution in [0.4, 0.5) is 0 Å². The van der Waals surface area contributed by atoms with E-state index in [1.54, 1.807) is 18.1 Å². The van der Waals surface area contributed by atoms with E-state index in [9.17, 15) is 4.79 Å². The number of carbonyl (C=O) groups is 1. The van der Waals surface area contributed by atoms with Crippen molar-refractivity contribution >= 4 is 33.6 Å². The Kier molecular flexibility index (Phi) is 6.16. The molecule has 0 unspecified atom stereocenters. The smallest absolute Gasteiger partial charge is 0.235 e. The molecule has 96 valence electrons. The van der Waals surface area contributed by atoms with Crippen molar-refractivity contribution < 1.29 is 4.79 Å². The highest BCUT2D eigenvalue weighted by Gasteiger charge is 2.19. The van der Waals surface area contributed by atoms with Crippen molar-refractivity contribution in [1.29, 1.82) is 5.26 Å². The van der Waals surface area contributed by atoms with Gasteiger partial charge in [-0.3, -0.25) is 4.79 Å². The van der Waals surface area contributed by atoms with Crippen LogP contribution in [0.5, 0.6) is 0 Å². The summed E-state index contributed by atoms with van der Waals surface area (Å²) in [5.41, 5.74) is 0. The zero-order chi connectivity index (χ0) is 13.5. The predicted octanol–water partition coefficient (Wildman–Crippen LogP) is 2.70. The van der Waals surface area contributed by atoms with Crippen LogP contribution in [0.25, 0.3) is 0 Å². The molecule has 0 radical (unpaired) electrons. The summed E-state index contributed by atoms with van der Waals surface area (Å²) in [6.45, 7) is 2.31. The van der Waals surface area contributed by atoms with Crippen molar-refractivity contribution in [2.24, 2.45) is 0 Å². The van der Waals surface area contributed by atoms with E-state index >= 15 is 0 Å². The van der Waals surface area contributed by atoms with Gasteiger partial charge < -0.3 is 4.90 Å². The predicted molar refractivity (Wildman–Crippen MR) is 75.1 cm³/mol. The minimum atomic E-state index is -0.222. The third-order valence-corrected chi connectivity index (χ3v) is 4.30. The van der Waals surface area contributed by atoms with E-state index in [4.69, 9.17) is 5.26 Å². The van der Waals surface area contributed by atoms with Crippen LogP contribution in [0.15, 0.2) is 27.8 Å². The highest BCUT2D eigenvalue weighted by atomic mass is 79.9. The van der Waals surface area contributed by atoms with Gasteiger partial charge in [0, 0.05) is 24.3 Å². The lowest BCUT2D eigenvalue weighted by molar-refractivity contribution is -0.128. The molecule has 1 rings (SSSR count).